The van der Waals surface area contributed by atoms with Crippen molar-refractivity contribution in [3.8, 4) is 0 Å². The Hall–Kier alpha value is -1.98. The average Bonchev–Trinajstić information content (AvgIpc) is 3.20. The van der Waals surface area contributed by atoms with Gasteiger partial charge in [-0.15, -0.1) is 11.8 Å². The van der Waals surface area contributed by atoms with Gasteiger partial charge < -0.3 is 10.6 Å². The van der Waals surface area contributed by atoms with Crippen LogP contribution in [0.15, 0.2) is 53.4 Å². The Morgan fingerprint density at radius 2 is 1.89 bits per heavy atom. The van der Waals surface area contributed by atoms with Crippen LogP contribution in [0.4, 0.5) is 4.79 Å². The van der Waals surface area contributed by atoms with E-state index in [-0.39, 0.29) is 12.1 Å². The molecule has 2 aromatic rings. The third-order valence-corrected chi connectivity index (χ3v) is 6.44. The van der Waals surface area contributed by atoms with Crippen molar-refractivity contribution in [3.05, 3.63) is 65.2 Å². The summed E-state index contributed by atoms with van der Waals surface area (Å²) in [5.41, 5.74) is 3.72. The van der Waals surface area contributed by atoms with Crippen molar-refractivity contribution in [1.29, 1.82) is 0 Å². The van der Waals surface area contributed by atoms with Crippen molar-refractivity contribution in [2.24, 2.45) is 0 Å². The molecular formula is C22H27N3OS. The number of carbonyl (C=O) groups excluding carboxylic acids is 1. The van der Waals surface area contributed by atoms with Gasteiger partial charge in [0.05, 0.1) is 6.04 Å². The van der Waals surface area contributed by atoms with Gasteiger partial charge >= 0.3 is 6.03 Å². The zero-order chi connectivity index (χ0) is 18.5. The number of benzene rings is 2. The Bertz CT molecular complexity index is 789. The maximum absolute atomic E-state index is 12.4. The largest absolute Gasteiger partial charge is 0.334 e. The molecule has 1 fully saturated rings. The highest BCUT2D eigenvalue weighted by Crippen LogP contribution is 2.35. The molecule has 4 rings (SSSR count). The number of likely N-dealkylation sites (tertiary alicyclic amines) is 1. The maximum Gasteiger partial charge on any atom is 0.315 e. The Balaban J connectivity index is 1.31. The molecule has 0 spiro atoms. The summed E-state index contributed by atoms with van der Waals surface area (Å²) < 4.78 is 0. The van der Waals surface area contributed by atoms with E-state index >= 15 is 0 Å². The molecule has 0 aliphatic carbocycles. The van der Waals surface area contributed by atoms with E-state index in [0.29, 0.717) is 6.54 Å². The van der Waals surface area contributed by atoms with E-state index in [9.17, 15) is 4.79 Å². The van der Waals surface area contributed by atoms with E-state index in [1.807, 2.05) is 17.8 Å². The number of fused-ring (bicyclic) bond motifs is 1. The molecule has 142 valence electrons. The SMILES string of the molecule is O=C(NCc1cccc(CN2CCCC2)c1)NC1CCSc2ccccc21. The van der Waals surface area contributed by atoms with Crippen LogP contribution in [-0.4, -0.2) is 29.8 Å². The minimum atomic E-state index is -0.0911. The van der Waals surface area contributed by atoms with Crippen molar-refractivity contribution in [2.45, 2.75) is 43.3 Å². The summed E-state index contributed by atoms with van der Waals surface area (Å²) in [7, 11) is 0. The van der Waals surface area contributed by atoms with Crippen molar-refractivity contribution in [1.82, 2.24) is 15.5 Å². The number of thioether (sulfide) groups is 1. The molecule has 0 aromatic heterocycles. The first-order valence-electron chi connectivity index (χ1n) is 9.84. The number of amides is 2. The van der Waals surface area contributed by atoms with E-state index in [1.165, 1.54) is 42.0 Å². The lowest BCUT2D eigenvalue weighted by Gasteiger charge is -2.26. The minimum Gasteiger partial charge on any atom is -0.334 e. The van der Waals surface area contributed by atoms with Crippen LogP contribution >= 0.6 is 11.8 Å². The molecule has 4 nitrogen and oxygen atoms in total. The molecule has 2 aromatic carbocycles. The summed E-state index contributed by atoms with van der Waals surface area (Å²) in [5.74, 6) is 1.04. The van der Waals surface area contributed by atoms with Crippen LogP contribution in [-0.2, 0) is 13.1 Å². The molecule has 0 bridgehead atoms. The smallest absolute Gasteiger partial charge is 0.315 e. The summed E-state index contributed by atoms with van der Waals surface area (Å²) in [5, 5.41) is 6.17. The lowest BCUT2D eigenvalue weighted by Crippen LogP contribution is -2.38. The minimum absolute atomic E-state index is 0.0911. The van der Waals surface area contributed by atoms with Crippen molar-refractivity contribution in [3.63, 3.8) is 0 Å². The maximum atomic E-state index is 12.4. The molecule has 1 saturated heterocycles. The first kappa shape index (κ1) is 18.4. The van der Waals surface area contributed by atoms with Crippen LogP contribution in [0.25, 0.3) is 0 Å². The lowest BCUT2D eigenvalue weighted by atomic mass is 10.0. The number of carbonyl (C=O) groups is 1. The predicted octanol–water partition coefficient (Wildman–Crippen LogP) is 4.32. The molecule has 2 heterocycles. The number of nitrogens with zero attached hydrogens (tertiary/aromatic N) is 1. The van der Waals surface area contributed by atoms with E-state index in [4.69, 9.17) is 0 Å². The molecule has 0 saturated carbocycles. The normalized spacial score (nSPS) is 19.5. The Labute approximate surface area is 165 Å². The lowest BCUT2D eigenvalue weighted by molar-refractivity contribution is 0.236. The fourth-order valence-electron chi connectivity index (χ4n) is 3.92. The van der Waals surface area contributed by atoms with Crippen LogP contribution in [0, 0.1) is 0 Å². The molecule has 2 aliphatic heterocycles. The van der Waals surface area contributed by atoms with Gasteiger partial charge in [-0.2, -0.15) is 0 Å². The second kappa shape index (κ2) is 8.81. The second-order valence-corrected chi connectivity index (χ2v) is 8.49. The Morgan fingerprint density at radius 3 is 2.78 bits per heavy atom. The van der Waals surface area contributed by atoms with Gasteiger partial charge in [0.2, 0.25) is 0 Å². The van der Waals surface area contributed by atoms with E-state index in [1.54, 1.807) is 0 Å². The molecule has 27 heavy (non-hydrogen) atoms. The number of rotatable bonds is 5. The van der Waals surface area contributed by atoms with Crippen LogP contribution in [0.3, 0.4) is 0 Å². The summed E-state index contributed by atoms with van der Waals surface area (Å²) in [6.45, 7) is 3.97. The van der Waals surface area contributed by atoms with Gasteiger partial charge in [-0.05, 0) is 55.1 Å². The number of nitrogens with one attached hydrogen (secondary N) is 2. The van der Waals surface area contributed by atoms with Crippen LogP contribution in [0.5, 0.6) is 0 Å². The average molecular weight is 382 g/mol. The molecule has 0 radical (unpaired) electrons. The van der Waals surface area contributed by atoms with Gasteiger partial charge in [0, 0.05) is 23.7 Å². The van der Waals surface area contributed by atoms with Crippen molar-refractivity contribution < 1.29 is 4.79 Å². The van der Waals surface area contributed by atoms with E-state index in [2.05, 4.69) is 58.0 Å². The highest BCUT2D eigenvalue weighted by molar-refractivity contribution is 7.99. The zero-order valence-electron chi connectivity index (χ0n) is 15.6. The van der Waals surface area contributed by atoms with Gasteiger partial charge in [0.15, 0.2) is 0 Å². The Morgan fingerprint density at radius 1 is 1.07 bits per heavy atom. The second-order valence-electron chi connectivity index (χ2n) is 7.36. The van der Waals surface area contributed by atoms with Gasteiger partial charge in [-0.25, -0.2) is 4.79 Å². The summed E-state index contributed by atoms with van der Waals surface area (Å²) >= 11 is 1.87. The van der Waals surface area contributed by atoms with E-state index < -0.39 is 0 Å². The van der Waals surface area contributed by atoms with Gasteiger partial charge in [-0.1, -0.05) is 42.5 Å². The third-order valence-electron chi connectivity index (χ3n) is 5.31. The topological polar surface area (TPSA) is 44.4 Å². The highest BCUT2D eigenvalue weighted by Gasteiger charge is 2.21. The van der Waals surface area contributed by atoms with Crippen molar-refractivity contribution in [2.75, 3.05) is 18.8 Å². The molecule has 5 heteroatoms. The first-order chi connectivity index (χ1) is 13.3. The van der Waals surface area contributed by atoms with Crippen molar-refractivity contribution >= 4 is 17.8 Å². The fourth-order valence-corrected chi connectivity index (χ4v) is 5.05. The summed E-state index contributed by atoms with van der Waals surface area (Å²) in [4.78, 5) is 16.2. The predicted molar refractivity (Wildman–Crippen MR) is 111 cm³/mol. The monoisotopic (exact) mass is 381 g/mol. The summed E-state index contributed by atoms with van der Waals surface area (Å²) in [6, 6.07) is 16.9. The standard InChI is InChI=1S/C22H27N3OS/c26-22(24-20-10-13-27-21-9-2-1-8-19(20)21)23-15-17-6-5-7-18(14-17)16-25-11-3-4-12-25/h1-2,5-9,14,20H,3-4,10-13,15-16H2,(H2,23,24,26). The molecule has 2 aliphatic rings. The van der Waals surface area contributed by atoms with Gasteiger partial charge in [0.25, 0.3) is 0 Å². The number of hydrogen-bond acceptors (Lipinski definition) is 3. The molecule has 2 amide bonds. The van der Waals surface area contributed by atoms with Gasteiger partial charge in [-0.3, -0.25) is 4.90 Å². The van der Waals surface area contributed by atoms with E-state index in [0.717, 1.165) is 24.3 Å². The highest BCUT2D eigenvalue weighted by atomic mass is 32.2. The van der Waals surface area contributed by atoms with Crippen LogP contribution in [0.1, 0.15) is 42.0 Å². The quantitative estimate of drug-likeness (QED) is 0.811. The molecular weight excluding hydrogens is 354 g/mol. The fraction of sp³-hybridized carbons (Fsp3) is 0.409. The number of hydrogen-bond donors (Lipinski definition) is 2. The Kier molecular flexibility index (Phi) is 6.00. The molecule has 2 N–H and O–H groups in total. The zero-order valence-corrected chi connectivity index (χ0v) is 16.4. The van der Waals surface area contributed by atoms with Crippen LogP contribution < -0.4 is 10.6 Å². The van der Waals surface area contributed by atoms with Crippen LogP contribution in [0.2, 0.25) is 0 Å². The third kappa shape index (κ3) is 4.85. The summed E-state index contributed by atoms with van der Waals surface area (Å²) in [6.07, 6.45) is 3.59. The van der Waals surface area contributed by atoms with Gasteiger partial charge in [0.1, 0.15) is 0 Å². The molecule has 1 unspecified atom stereocenters. The molecule has 1 atom stereocenters. The first-order valence-corrected chi connectivity index (χ1v) is 10.8. The number of urea groups is 1.